The van der Waals surface area contributed by atoms with Crippen molar-refractivity contribution in [1.82, 2.24) is 10.4 Å². The van der Waals surface area contributed by atoms with Gasteiger partial charge in [-0.3, -0.25) is 9.59 Å². The van der Waals surface area contributed by atoms with E-state index >= 15 is 0 Å². The molecule has 1 aromatic heterocycles. The molecule has 0 aliphatic carbocycles. The average Bonchev–Trinajstić information content (AvgIpc) is 3.05. The third-order valence-electron chi connectivity index (χ3n) is 3.74. The summed E-state index contributed by atoms with van der Waals surface area (Å²) in [6, 6.07) is 14.7. The smallest absolute Gasteiger partial charge is 0.240 e. The zero-order valence-corrected chi connectivity index (χ0v) is 14.6. The maximum absolute atomic E-state index is 11.9. The first kappa shape index (κ1) is 17.7. The van der Waals surface area contributed by atoms with E-state index in [1.54, 1.807) is 30.5 Å². The van der Waals surface area contributed by atoms with E-state index in [4.69, 9.17) is 11.6 Å². The minimum Gasteiger partial charge on any atom is -0.361 e. The maximum Gasteiger partial charge on any atom is 0.240 e. The monoisotopic (exact) mass is 368 g/mol. The highest BCUT2D eigenvalue weighted by Gasteiger charge is 2.08. The molecule has 26 heavy (non-hydrogen) atoms. The van der Waals surface area contributed by atoms with Crippen molar-refractivity contribution in [2.45, 2.75) is 12.8 Å². The molecule has 6 nitrogen and oxygen atoms in total. The number of para-hydroxylation sites is 2. The fraction of sp³-hybridized carbons (Fsp3) is 0.105. The van der Waals surface area contributed by atoms with E-state index in [0.29, 0.717) is 10.7 Å². The second kappa shape index (κ2) is 8.31. The number of hydrogen-bond acceptors (Lipinski definition) is 3. The minimum atomic E-state index is -0.338. The van der Waals surface area contributed by atoms with Gasteiger partial charge in [-0.15, -0.1) is 0 Å². The van der Waals surface area contributed by atoms with Gasteiger partial charge in [0.05, 0.1) is 16.9 Å². The predicted octanol–water partition coefficient (Wildman–Crippen LogP) is 3.69. The number of hydrogen-bond donors (Lipinski definition) is 3. The van der Waals surface area contributed by atoms with Gasteiger partial charge in [0, 0.05) is 35.5 Å². The van der Waals surface area contributed by atoms with Crippen LogP contribution in [0.2, 0.25) is 5.02 Å². The summed E-state index contributed by atoms with van der Waals surface area (Å²) in [5, 5.41) is 8.08. The number of nitrogens with one attached hydrogen (secondary N) is 3. The van der Waals surface area contributed by atoms with Crippen molar-refractivity contribution < 1.29 is 9.59 Å². The van der Waals surface area contributed by atoms with Gasteiger partial charge in [0.15, 0.2) is 0 Å². The lowest BCUT2D eigenvalue weighted by Gasteiger charge is -2.06. The lowest BCUT2D eigenvalue weighted by Crippen LogP contribution is -2.20. The molecule has 0 saturated carbocycles. The number of anilines is 1. The number of carbonyl (C=O) groups excluding carboxylic acids is 2. The first-order valence-corrected chi connectivity index (χ1v) is 8.43. The van der Waals surface area contributed by atoms with Gasteiger partial charge in [0.25, 0.3) is 0 Å². The summed E-state index contributed by atoms with van der Waals surface area (Å²) in [5.41, 5.74) is 4.82. The fourth-order valence-corrected chi connectivity index (χ4v) is 2.62. The van der Waals surface area contributed by atoms with Crippen molar-refractivity contribution in [2.75, 3.05) is 5.32 Å². The van der Waals surface area contributed by atoms with Crippen LogP contribution in [-0.2, 0) is 9.59 Å². The molecule has 0 saturated heterocycles. The Labute approximate surface area is 155 Å². The molecule has 7 heteroatoms. The van der Waals surface area contributed by atoms with Crippen LogP contribution in [0.15, 0.2) is 59.8 Å². The molecule has 0 unspecified atom stereocenters. The predicted molar refractivity (Wildman–Crippen MR) is 103 cm³/mol. The molecule has 0 bridgehead atoms. The second-order valence-corrected chi connectivity index (χ2v) is 6.02. The first-order chi connectivity index (χ1) is 12.6. The van der Waals surface area contributed by atoms with E-state index in [2.05, 4.69) is 20.8 Å². The third kappa shape index (κ3) is 4.49. The lowest BCUT2D eigenvalue weighted by molar-refractivity contribution is -0.124. The van der Waals surface area contributed by atoms with Gasteiger partial charge >= 0.3 is 0 Å². The summed E-state index contributed by atoms with van der Waals surface area (Å²) in [6.45, 7) is 0. The molecule has 0 spiro atoms. The Morgan fingerprint density at radius 2 is 1.77 bits per heavy atom. The highest BCUT2D eigenvalue weighted by Crippen LogP contribution is 2.20. The lowest BCUT2D eigenvalue weighted by atomic mass is 10.2. The number of nitrogens with zero attached hydrogens (tertiary/aromatic N) is 1. The van der Waals surface area contributed by atoms with Crippen molar-refractivity contribution in [1.29, 1.82) is 0 Å². The number of H-pyrrole nitrogens is 1. The van der Waals surface area contributed by atoms with Crippen molar-refractivity contribution >= 4 is 46.2 Å². The third-order valence-corrected chi connectivity index (χ3v) is 4.07. The standard InChI is InChI=1S/C19H17ClN4O2/c20-15-6-2-4-8-17(15)23-18(25)9-10-19(26)24-22-12-13-11-21-16-7-3-1-5-14(13)16/h1-8,11-12,21H,9-10H2,(H,23,25)(H,24,26)/b22-12-. The maximum atomic E-state index is 11.9. The molecule has 0 fully saturated rings. The number of rotatable bonds is 6. The number of carbonyl (C=O) groups is 2. The topological polar surface area (TPSA) is 86.3 Å². The van der Waals surface area contributed by atoms with Crippen molar-refractivity contribution in [2.24, 2.45) is 5.10 Å². The van der Waals surface area contributed by atoms with Gasteiger partial charge in [-0.1, -0.05) is 41.9 Å². The van der Waals surface area contributed by atoms with E-state index in [9.17, 15) is 9.59 Å². The largest absolute Gasteiger partial charge is 0.361 e. The van der Waals surface area contributed by atoms with E-state index < -0.39 is 0 Å². The SMILES string of the molecule is O=C(CCC(=O)Nc1ccccc1Cl)N/N=C\c1c[nH]c2ccccc12. The molecule has 3 rings (SSSR count). The van der Waals surface area contributed by atoms with Gasteiger partial charge in [-0.05, 0) is 18.2 Å². The van der Waals surface area contributed by atoms with Crippen molar-refractivity contribution in [3.8, 4) is 0 Å². The number of hydrazone groups is 1. The minimum absolute atomic E-state index is 0.0293. The van der Waals surface area contributed by atoms with Crippen molar-refractivity contribution in [3.63, 3.8) is 0 Å². The Morgan fingerprint density at radius 3 is 2.62 bits per heavy atom. The Bertz CT molecular complexity index is 965. The summed E-state index contributed by atoms with van der Waals surface area (Å²) >= 11 is 5.97. The Morgan fingerprint density at radius 1 is 1.04 bits per heavy atom. The Kier molecular flexibility index (Phi) is 5.66. The molecule has 2 amide bonds. The highest BCUT2D eigenvalue weighted by atomic mass is 35.5. The van der Waals surface area contributed by atoms with Crippen LogP contribution >= 0.6 is 11.6 Å². The number of aromatic amines is 1. The molecule has 0 atom stereocenters. The summed E-state index contributed by atoms with van der Waals surface area (Å²) in [5.74, 6) is -0.621. The summed E-state index contributed by atoms with van der Waals surface area (Å²) in [6.07, 6.45) is 3.46. The zero-order chi connectivity index (χ0) is 18.4. The first-order valence-electron chi connectivity index (χ1n) is 8.06. The summed E-state index contributed by atoms with van der Waals surface area (Å²) in [7, 11) is 0. The normalized spacial score (nSPS) is 11.0. The number of benzene rings is 2. The van der Waals surface area contributed by atoms with E-state index in [0.717, 1.165) is 16.5 Å². The quantitative estimate of drug-likeness (QED) is 0.457. The van der Waals surface area contributed by atoms with Crippen LogP contribution in [0, 0.1) is 0 Å². The van der Waals surface area contributed by atoms with Gasteiger partial charge in [-0.25, -0.2) is 5.43 Å². The molecule has 3 aromatic rings. The average molecular weight is 369 g/mol. The van der Waals surface area contributed by atoms with Crippen LogP contribution in [-0.4, -0.2) is 23.0 Å². The van der Waals surface area contributed by atoms with Gasteiger partial charge in [0.2, 0.25) is 11.8 Å². The van der Waals surface area contributed by atoms with Crippen LogP contribution in [0.3, 0.4) is 0 Å². The number of amides is 2. The molecule has 0 radical (unpaired) electrons. The van der Waals surface area contributed by atoms with Crippen LogP contribution in [0.1, 0.15) is 18.4 Å². The van der Waals surface area contributed by atoms with Gasteiger partial charge < -0.3 is 10.3 Å². The molecule has 3 N–H and O–H groups in total. The second-order valence-electron chi connectivity index (χ2n) is 5.61. The Hall–Kier alpha value is -3.12. The number of fused-ring (bicyclic) bond motifs is 1. The van der Waals surface area contributed by atoms with Gasteiger partial charge in [-0.2, -0.15) is 5.10 Å². The zero-order valence-electron chi connectivity index (χ0n) is 13.8. The summed E-state index contributed by atoms with van der Waals surface area (Å²) < 4.78 is 0. The Balaban J connectivity index is 1.47. The highest BCUT2D eigenvalue weighted by molar-refractivity contribution is 6.33. The van der Waals surface area contributed by atoms with E-state index in [1.165, 1.54) is 0 Å². The molecule has 2 aromatic carbocycles. The molecule has 0 aliphatic rings. The van der Waals surface area contributed by atoms with Crippen molar-refractivity contribution in [3.05, 3.63) is 65.3 Å². The van der Waals surface area contributed by atoms with Crippen LogP contribution in [0.25, 0.3) is 10.9 Å². The molecule has 132 valence electrons. The van der Waals surface area contributed by atoms with Gasteiger partial charge in [0.1, 0.15) is 0 Å². The van der Waals surface area contributed by atoms with Crippen LogP contribution < -0.4 is 10.7 Å². The molecule has 0 aliphatic heterocycles. The molecular formula is C19H17ClN4O2. The molecular weight excluding hydrogens is 352 g/mol. The van der Waals surface area contributed by atoms with E-state index in [-0.39, 0.29) is 24.7 Å². The van der Waals surface area contributed by atoms with E-state index in [1.807, 2.05) is 30.5 Å². The number of aromatic nitrogens is 1. The molecule has 1 heterocycles. The fourth-order valence-electron chi connectivity index (χ4n) is 2.43. The summed E-state index contributed by atoms with van der Waals surface area (Å²) in [4.78, 5) is 26.8. The number of halogens is 1. The van der Waals surface area contributed by atoms with Crippen LogP contribution in [0.5, 0.6) is 0 Å². The van der Waals surface area contributed by atoms with Crippen LogP contribution in [0.4, 0.5) is 5.69 Å².